The van der Waals surface area contributed by atoms with Gasteiger partial charge in [-0.05, 0) is 56.0 Å². The second-order valence-corrected chi connectivity index (χ2v) is 9.86. The van der Waals surface area contributed by atoms with E-state index in [1.807, 2.05) is 66.2 Å². The van der Waals surface area contributed by atoms with E-state index in [9.17, 15) is 5.11 Å². The van der Waals surface area contributed by atoms with Gasteiger partial charge in [0.2, 0.25) is 5.88 Å². The Morgan fingerprint density at radius 1 is 1.12 bits per heavy atom. The Balaban J connectivity index is 1.60. The van der Waals surface area contributed by atoms with Crippen LogP contribution in [0, 0.1) is 12.8 Å². The van der Waals surface area contributed by atoms with Crippen LogP contribution in [0.3, 0.4) is 0 Å². The molecule has 1 aromatic heterocycles. The predicted octanol–water partition coefficient (Wildman–Crippen LogP) is 5.62. The summed E-state index contributed by atoms with van der Waals surface area (Å²) in [6, 6.07) is 17.8. The standard InChI is InChI=1S/C27H34ClN3O3/c1-19(2)17-33-18-24(32)15-30(22-12-13-22)16-26-20(3)29-31(23-9-7-8-21(28)14-23)27(26)34-25-10-5-4-6-11-25/h4-11,14,19,22,24,32H,12-13,15-18H2,1-3H3. The van der Waals surface area contributed by atoms with Crippen molar-refractivity contribution in [2.75, 3.05) is 19.8 Å². The van der Waals surface area contributed by atoms with Crippen LogP contribution in [-0.4, -0.2) is 51.7 Å². The molecule has 1 unspecified atom stereocenters. The molecule has 4 rings (SSSR count). The summed E-state index contributed by atoms with van der Waals surface area (Å²) >= 11 is 6.28. The van der Waals surface area contributed by atoms with Crippen molar-refractivity contribution in [2.24, 2.45) is 5.92 Å². The van der Waals surface area contributed by atoms with Crippen molar-refractivity contribution in [1.82, 2.24) is 14.7 Å². The molecule has 0 bridgehead atoms. The first-order valence-corrected chi connectivity index (χ1v) is 12.4. The molecule has 34 heavy (non-hydrogen) atoms. The molecule has 182 valence electrons. The van der Waals surface area contributed by atoms with Crippen LogP contribution in [0.5, 0.6) is 11.6 Å². The molecule has 0 saturated heterocycles. The van der Waals surface area contributed by atoms with Crippen molar-refractivity contribution in [3.63, 3.8) is 0 Å². The molecule has 1 N–H and O–H groups in total. The molecule has 1 fully saturated rings. The van der Waals surface area contributed by atoms with Gasteiger partial charge in [-0.2, -0.15) is 5.10 Å². The summed E-state index contributed by atoms with van der Waals surface area (Å²) in [7, 11) is 0. The number of ether oxygens (including phenoxy) is 2. The minimum atomic E-state index is -0.541. The molecule has 6 nitrogen and oxygen atoms in total. The van der Waals surface area contributed by atoms with Gasteiger partial charge >= 0.3 is 0 Å². The fourth-order valence-corrected chi connectivity index (χ4v) is 4.14. The second-order valence-electron chi connectivity index (χ2n) is 9.42. The van der Waals surface area contributed by atoms with Crippen LogP contribution < -0.4 is 4.74 Å². The topological polar surface area (TPSA) is 59.8 Å². The summed E-state index contributed by atoms with van der Waals surface area (Å²) in [5.74, 6) is 1.86. The number of hydrogen-bond donors (Lipinski definition) is 1. The Morgan fingerprint density at radius 3 is 2.56 bits per heavy atom. The number of halogens is 1. The Kier molecular flexibility index (Phi) is 8.27. The zero-order valence-electron chi connectivity index (χ0n) is 20.2. The van der Waals surface area contributed by atoms with E-state index in [1.165, 1.54) is 0 Å². The summed E-state index contributed by atoms with van der Waals surface area (Å²) in [6.07, 6.45) is 1.73. The minimum absolute atomic E-state index is 0.343. The molecular formula is C27H34ClN3O3. The molecule has 7 heteroatoms. The van der Waals surface area contributed by atoms with Crippen molar-refractivity contribution in [3.8, 4) is 17.3 Å². The SMILES string of the molecule is Cc1nn(-c2cccc(Cl)c2)c(Oc2ccccc2)c1CN(CC(O)COCC(C)C)C1CC1. The van der Waals surface area contributed by atoms with Crippen molar-refractivity contribution >= 4 is 11.6 Å². The third kappa shape index (κ3) is 6.60. The molecular weight excluding hydrogens is 450 g/mol. The van der Waals surface area contributed by atoms with Crippen molar-refractivity contribution in [3.05, 3.63) is 70.9 Å². The number of para-hydroxylation sites is 1. The fraction of sp³-hybridized carbons (Fsp3) is 0.444. The van der Waals surface area contributed by atoms with E-state index < -0.39 is 6.10 Å². The summed E-state index contributed by atoms with van der Waals surface area (Å²) in [4.78, 5) is 2.33. The van der Waals surface area contributed by atoms with E-state index in [2.05, 4.69) is 18.7 Å². The van der Waals surface area contributed by atoms with Gasteiger partial charge in [0.05, 0.1) is 29.7 Å². The van der Waals surface area contributed by atoms with Gasteiger partial charge < -0.3 is 14.6 Å². The van der Waals surface area contributed by atoms with Crippen LogP contribution in [0.25, 0.3) is 5.69 Å². The Hall–Kier alpha value is -2.38. The first kappa shape index (κ1) is 24.7. The lowest BCUT2D eigenvalue weighted by Crippen LogP contribution is -2.36. The highest BCUT2D eigenvalue weighted by Gasteiger charge is 2.32. The number of hydrogen-bond acceptors (Lipinski definition) is 5. The maximum atomic E-state index is 10.6. The summed E-state index contributed by atoms with van der Waals surface area (Å²) in [5.41, 5.74) is 2.74. The molecule has 1 aliphatic carbocycles. The Bertz CT molecular complexity index is 1070. The van der Waals surface area contributed by atoms with Crippen LogP contribution in [0.15, 0.2) is 54.6 Å². The van der Waals surface area contributed by atoms with Crippen LogP contribution in [0.2, 0.25) is 5.02 Å². The van der Waals surface area contributed by atoms with Crippen LogP contribution >= 0.6 is 11.6 Å². The van der Waals surface area contributed by atoms with Gasteiger partial charge in [-0.1, -0.05) is 49.7 Å². The van der Waals surface area contributed by atoms with Gasteiger partial charge in [0.15, 0.2) is 0 Å². The smallest absolute Gasteiger partial charge is 0.227 e. The van der Waals surface area contributed by atoms with E-state index in [1.54, 1.807) is 0 Å². The molecule has 1 atom stereocenters. The molecule has 1 saturated carbocycles. The number of aliphatic hydroxyl groups is 1. The third-order valence-corrected chi connectivity index (χ3v) is 6.01. The summed E-state index contributed by atoms with van der Waals surface area (Å²) in [5, 5.41) is 16.1. The summed E-state index contributed by atoms with van der Waals surface area (Å²) < 4.78 is 13.9. The Morgan fingerprint density at radius 2 is 1.88 bits per heavy atom. The monoisotopic (exact) mass is 483 g/mol. The molecule has 0 radical (unpaired) electrons. The van der Waals surface area contributed by atoms with Crippen LogP contribution in [0.1, 0.15) is 37.9 Å². The molecule has 0 aliphatic heterocycles. The average Bonchev–Trinajstić information content (AvgIpc) is 3.60. The second kappa shape index (κ2) is 11.4. The maximum Gasteiger partial charge on any atom is 0.227 e. The normalized spacial score (nSPS) is 14.7. The van der Waals surface area contributed by atoms with Crippen molar-refractivity contribution < 1.29 is 14.6 Å². The Labute approximate surface area is 207 Å². The molecule has 0 spiro atoms. The van der Waals surface area contributed by atoms with Gasteiger partial charge in [-0.15, -0.1) is 0 Å². The average molecular weight is 484 g/mol. The highest BCUT2D eigenvalue weighted by atomic mass is 35.5. The van der Waals surface area contributed by atoms with Crippen LogP contribution in [0.4, 0.5) is 0 Å². The first-order valence-electron chi connectivity index (χ1n) is 12.0. The number of aromatic nitrogens is 2. The number of aliphatic hydroxyl groups excluding tert-OH is 1. The molecule has 1 aliphatic rings. The largest absolute Gasteiger partial charge is 0.439 e. The van der Waals surface area contributed by atoms with E-state index in [4.69, 9.17) is 26.2 Å². The van der Waals surface area contributed by atoms with Crippen molar-refractivity contribution in [2.45, 2.75) is 52.3 Å². The number of aryl methyl sites for hydroxylation is 1. The fourth-order valence-electron chi connectivity index (χ4n) is 3.96. The van der Waals surface area contributed by atoms with Crippen molar-refractivity contribution in [1.29, 1.82) is 0 Å². The molecule has 2 aromatic carbocycles. The lowest BCUT2D eigenvalue weighted by Gasteiger charge is -2.25. The molecule has 1 heterocycles. The zero-order chi connectivity index (χ0) is 24.1. The number of rotatable bonds is 12. The number of benzene rings is 2. The van der Waals surface area contributed by atoms with Gasteiger partial charge in [0.1, 0.15) is 5.75 Å². The summed E-state index contributed by atoms with van der Waals surface area (Å²) in [6.45, 7) is 8.41. The van der Waals surface area contributed by atoms with E-state index in [0.29, 0.717) is 49.2 Å². The quantitative estimate of drug-likeness (QED) is 0.362. The zero-order valence-corrected chi connectivity index (χ0v) is 20.9. The maximum absolute atomic E-state index is 10.6. The highest BCUT2D eigenvalue weighted by molar-refractivity contribution is 6.30. The lowest BCUT2D eigenvalue weighted by molar-refractivity contribution is 0.00536. The van der Waals surface area contributed by atoms with Crippen LogP contribution in [-0.2, 0) is 11.3 Å². The van der Waals surface area contributed by atoms with Gasteiger partial charge in [-0.25, -0.2) is 4.68 Å². The minimum Gasteiger partial charge on any atom is -0.439 e. The van der Waals surface area contributed by atoms with E-state index in [-0.39, 0.29) is 0 Å². The van der Waals surface area contributed by atoms with E-state index in [0.717, 1.165) is 35.5 Å². The van der Waals surface area contributed by atoms with Gasteiger partial charge in [0, 0.05) is 30.8 Å². The van der Waals surface area contributed by atoms with E-state index >= 15 is 0 Å². The van der Waals surface area contributed by atoms with Gasteiger partial charge in [-0.3, -0.25) is 4.90 Å². The third-order valence-electron chi connectivity index (χ3n) is 5.78. The van der Waals surface area contributed by atoms with Gasteiger partial charge in [0.25, 0.3) is 0 Å². The predicted molar refractivity (Wildman–Crippen MR) is 135 cm³/mol. The highest BCUT2D eigenvalue weighted by Crippen LogP contribution is 2.35. The number of nitrogens with zero attached hydrogens (tertiary/aromatic N) is 3. The molecule has 3 aromatic rings. The molecule has 0 amide bonds. The lowest BCUT2D eigenvalue weighted by atomic mass is 10.2. The first-order chi connectivity index (χ1) is 16.4.